The van der Waals surface area contributed by atoms with Crippen LogP contribution in [0.4, 0.5) is 0 Å². The van der Waals surface area contributed by atoms with Crippen molar-refractivity contribution in [3.05, 3.63) is 127 Å². The van der Waals surface area contributed by atoms with Crippen LogP contribution >= 0.6 is 0 Å². The zero-order chi connectivity index (χ0) is 78.2. The van der Waals surface area contributed by atoms with Gasteiger partial charge in [0.1, 0.15) is 0 Å². The Morgan fingerprint density at radius 2 is 0.353 bits per heavy atom. The van der Waals surface area contributed by atoms with Crippen LogP contribution in [0.3, 0.4) is 0 Å². The average molecular weight is 1660 g/mol. The van der Waals surface area contributed by atoms with Crippen LogP contribution in [0.15, 0.2) is 36.4 Å². The fourth-order valence-electron chi connectivity index (χ4n) is 8.43. The Kier molecular flexibility index (Phi) is 39.8. The molecule has 6 aromatic heterocycles. The molecule has 570 valence electrons. The molecule has 102 heavy (non-hydrogen) atoms. The van der Waals surface area contributed by atoms with Gasteiger partial charge in [0, 0.05) is 93.1 Å². The summed E-state index contributed by atoms with van der Waals surface area (Å²) < 4.78 is 9.89. The minimum atomic E-state index is 0. The van der Waals surface area contributed by atoms with Crippen LogP contribution in [0.25, 0.3) is 0 Å². The second kappa shape index (κ2) is 40.3. The first-order chi connectivity index (χ1) is 44.7. The maximum absolute atomic E-state index is 11.4. The number of hydrogen-bond acceptors (Lipinski definition) is 10. The molecular weight excluding hydrogens is 1520 g/mol. The molecule has 16 nitrogen and oxygen atoms in total. The molecule has 0 bridgehead atoms. The van der Waals surface area contributed by atoms with Gasteiger partial charge in [-0.3, -0.25) is 0 Å². The van der Waals surface area contributed by atoms with E-state index in [1.54, 1.807) is 27.7 Å². The molecule has 2 fully saturated rings. The Morgan fingerprint density at radius 1 is 0.235 bits per heavy atom. The van der Waals surface area contributed by atoms with E-state index in [-0.39, 0.29) is 160 Å². The topological polar surface area (TPSA) is 227 Å². The van der Waals surface area contributed by atoms with Crippen molar-refractivity contribution < 1.29 is 103 Å². The fraction of sp³-hybridized carbons (Fsp3) is 0.714. The molecule has 0 N–H and O–H groups in total. The summed E-state index contributed by atoms with van der Waals surface area (Å²) in [5.74, 6) is 0.00852. The van der Waals surface area contributed by atoms with E-state index in [9.17, 15) is 10.2 Å². The Morgan fingerprint density at radius 3 is 0.412 bits per heavy atom. The van der Waals surface area contributed by atoms with Gasteiger partial charge in [-0.1, -0.05) is 308 Å². The zero-order valence-corrected chi connectivity index (χ0v) is 78.4. The number of hydrogen-bond donors (Lipinski definition) is 0. The van der Waals surface area contributed by atoms with Crippen LogP contribution < -0.4 is 40.8 Å². The summed E-state index contributed by atoms with van der Waals surface area (Å²) in [4.78, 5) is 0. The first-order valence-corrected chi connectivity index (χ1v) is 36.4. The van der Waals surface area contributed by atoms with Gasteiger partial charge in [-0.25, -0.2) is 0 Å². The van der Waals surface area contributed by atoms with Crippen LogP contribution in [0.1, 0.15) is 366 Å². The van der Waals surface area contributed by atoms with E-state index < -0.39 is 0 Å². The fourth-order valence-corrected chi connectivity index (χ4v) is 8.43. The summed E-state index contributed by atoms with van der Waals surface area (Å²) in [6.45, 7) is 88.4. The van der Waals surface area contributed by atoms with Crippen molar-refractivity contribution in [1.29, 1.82) is 0 Å². The number of rotatable bonds is 0. The molecule has 0 aliphatic carbocycles. The van der Waals surface area contributed by atoms with Crippen LogP contribution in [0.2, 0.25) is 0 Å². The minimum Gasteiger partial charge on any atom is -0.872 e. The maximum Gasteiger partial charge on any atom is 4.00 e. The Hall–Kier alpha value is -3.25. The Labute approximate surface area is 690 Å². The van der Waals surface area contributed by atoms with Gasteiger partial charge < -0.3 is 80.9 Å². The average Bonchev–Trinajstić information content (AvgIpc) is 1.44. The largest absolute Gasteiger partial charge is 4.00 e. The SMILES string of the molecule is C1CCOC1.C1CCOC1.CC(C)(C)c1cc(C(C)(C)C)[n-]n1.CC(C)(C)c1cc(C(C)(C)C)[n-]n1.CC(C)(C)c1cc(C(C)(C)C)[n-]n1.CC(C)(C)c1cc(C(C)(C)C)[n-]n1.CC(C)(C)c1cc(C(C)(C)C)[n-]n1.CC(C)(C)c1cc(C(C)(C)C)[n-]n1.Cc1c(C)c([O-])c(C)c(C)c1[O-].[Ce+4].[Ce+4]. The third-order valence-electron chi connectivity index (χ3n) is 16.6. The second-order valence-corrected chi connectivity index (χ2v) is 39.5. The van der Waals surface area contributed by atoms with Crippen molar-refractivity contribution in [1.82, 2.24) is 61.2 Å². The van der Waals surface area contributed by atoms with E-state index in [0.29, 0.717) is 22.3 Å². The van der Waals surface area contributed by atoms with Crippen molar-refractivity contribution in [3.8, 4) is 11.5 Å². The first-order valence-electron chi connectivity index (χ1n) is 36.4. The van der Waals surface area contributed by atoms with E-state index in [4.69, 9.17) is 9.47 Å². The van der Waals surface area contributed by atoms with Gasteiger partial charge >= 0.3 is 83.5 Å². The standard InChI is InChI=1S/6C11H19N2.C10H14O2.2C4H8O.2Ce/c6*1-10(2,3)8-7-9(13-12-8)11(4,5)6;1-5-6(2)10(12)8(4)7(3)9(5)11;2*1-2-4-5-3-1;;/h6*7H,1-6H3;11-12H,1-4H3;2*1-4H2;;/q6*-1;;;;2*+4/p-2. The summed E-state index contributed by atoms with van der Waals surface area (Å²) in [6.07, 6.45) is 5.11. The van der Waals surface area contributed by atoms with E-state index >= 15 is 0 Å². The maximum atomic E-state index is 11.4. The number of nitrogens with zero attached hydrogens (tertiary/aromatic N) is 12. The van der Waals surface area contributed by atoms with Gasteiger partial charge in [0.05, 0.1) is 0 Å². The van der Waals surface area contributed by atoms with Gasteiger partial charge in [0.15, 0.2) is 0 Å². The zero-order valence-electron chi connectivity index (χ0n) is 72.1. The molecular formula is C84H142Ce2N12O4. The van der Waals surface area contributed by atoms with Crippen molar-refractivity contribution >= 4 is 0 Å². The monoisotopic (exact) mass is 1660 g/mol. The molecule has 2 aliphatic rings. The molecule has 0 atom stereocenters. The molecule has 2 saturated heterocycles. The van der Waals surface area contributed by atoms with Crippen LogP contribution in [-0.2, 0) is 74.5 Å². The van der Waals surface area contributed by atoms with Gasteiger partial charge in [0.2, 0.25) is 0 Å². The molecule has 0 saturated carbocycles. The molecule has 0 amide bonds. The summed E-state index contributed by atoms with van der Waals surface area (Å²) >= 11 is 0. The van der Waals surface area contributed by atoms with Crippen molar-refractivity contribution in [2.24, 2.45) is 0 Å². The van der Waals surface area contributed by atoms with Gasteiger partial charge in [-0.15, -0.1) is 45.7 Å². The number of aromatic nitrogens is 12. The summed E-state index contributed by atoms with van der Waals surface area (Å²) in [5.41, 5.74) is 16.6. The predicted molar refractivity (Wildman–Crippen MR) is 414 cm³/mol. The van der Waals surface area contributed by atoms with Crippen LogP contribution in [-0.4, -0.2) is 57.0 Å². The van der Waals surface area contributed by atoms with E-state index in [1.165, 1.54) is 25.7 Å². The summed E-state index contributed by atoms with van der Waals surface area (Å²) in [5, 5.41) is 73.3. The molecule has 0 spiro atoms. The first kappa shape index (κ1) is 101. The van der Waals surface area contributed by atoms with Crippen molar-refractivity contribution in [3.63, 3.8) is 0 Å². The molecule has 2 aliphatic heterocycles. The van der Waals surface area contributed by atoms with Crippen molar-refractivity contribution in [2.45, 2.75) is 368 Å². The number of benzene rings is 1. The smallest absolute Gasteiger partial charge is 0.872 e. The van der Waals surface area contributed by atoms with E-state index in [2.05, 4.69) is 347 Å². The van der Waals surface area contributed by atoms with Crippen LogP contribution in [0.5, 0.6) is 11.5 Å². The van der Waals surface area contributed by atoms with Crippen LogP contribution in [0, 0.1) is 111 Å². The van der Waals surface area contributed by atoms with Gasteiger partial charge in [0.25, 0.3) is 0 Å². The van der Waals surface area contributed by atoms with Gasteiger partial charge in [-0.05, 0) is 85.9 Å². The summed E-state index contributed by atoms with van der Waals surface area (Å²) in [7, 11) is 0. The van der Waals surface area contributed by atoms with Crippen molar-refractivity contribution in [2.75, 3.05) is 26.4 Å². The van der Waals surface area contributed by atoms with Gasteiger partial charge in [-0.2, -0.15) is 0 Å². The number of ether oxygens (including phenoxy) is 2. The third kappa shape index (κ3) is 36.1. The molecule has 18 heteroatoms. The Bertz CT molecular complexity index is 2700. The normalized spacial score (nSPS) is 13.8. The molecule has 0 unspecified atom stereocenters. The quantitative estimate of drug-likeness (QED) is 0.138. The third-order valence-corrected chi connectivity index (χ3v) is 16.6. The molecule has 1 aromatic carbocycles. The summed E-state index contributed by atoms with van der Waals surface area (Å²) in [6, 6.07) is 12.7. The Balaban J connectivity index is 0. The molecule has 7 aromatic rings. The molecule has 9 rings (SSSR count). The van der Waals surface area contributed by atoms with E-state index in [0.717, 1.165) is 94.8 Å². The van der Waals surface area contributed by atoms with E-state index in [1.807, 2.05) is 0 Å². The molecule has 0 radical (unpaired) electrons. The predicted octanol–water partition coefficient (Wildman–Crippen LogP) is 18.5. The molecule has 8 heterocycles. The minimum absolute atomic E-state index is 0. The second-order valence-electron chi connectivity index (χ2n) is 39.5.